The van der Waals surface area contributed by atoms with E-state index in [2.05, 4.69) is 4.98 Å². The molecule has 1 atom stereocenters. The Labute approximate surface area is 163 Å². The molecular formula is C22H21NO5. The van der Waals surface area contributed by atoms with Gasteiger partial charge in [0, 0.05) is 12.2 Å². The molecule has 4 rings (SSSR count). The Bertz CT molecular complexity index is 898. The van der Waals surface area contributed by atoms with Gasteiger partial charge in [0.2, 0.25) is 5.89 Å². The highest BCUT2D eigenvalue weighted by atomic mass is 16.5. The molecular weight excluding hydrogens is 358 g/mol. The maximum absolute atomic E-state index is 12.2. The minimum atomic E-state index is -0.440. The molecule has 1 aliphatic heterocycles. The van der Waals surface area contributed by atoms with Crippen LogP contribution in [0.4, 0.5) is 0 Å². The third-order valence-corrected chi connectivity index (χ3v) is 4.49. The fraction of sp³-hybridized carbons (Fsp3) is 0.273. The average Bonchev–Trinajstić information content (AvgIpc) is 3.44. The molecule has 2 aromatic carbocycles. The molecule has 0 radical (unpaired) electrons. The summed E-state index contributed by atoms with van der Waals surface area (Å²) < 4.78 is 22.1. The van der Waals surface area contributed by atoms with Crippen molar-refractivity contribution in [3.8, 4) is 17.1 Å². The van der Waals surface area contributed by atoms with Crippen LogP contribution < -0.4 is 4.74 Å². The molecule has 1 fully saturated rings. The summed E-state index contributed by atoms with van der Waals surface area (Å²) in [5, 5.41) is 0. The van der Waals surface area contributed by atoms with E-state index >= 15 is 0 Å². The molecule has 0 aliphatic carbocycles. The van der Waals surface area contributed by atoms with E-state index < -0.39 is 5.97 Å². The Morgan fingerprint density at radius 3 is 2.68 bits per heavy atom. The van der Waals surface area contributed by atoms with E-state index in [-0.39, 0.29) is 12.7 Å². The zero-order chi connectivity index (χ0) is 19.2. The Kier molecular flexibility index (Phi) is 5.68. The van der Waals surface area contributed by atoms with Crippen LogP contribution in [0.3, 0.4) is 0 Å². The molecule has 1 saturated heterocycles. The van der Waals surface area contributed by atoms with Crippen molar-refractivity contribution in [3.05, 3.63) is 72.2 Å². The van der Waals surface area contributed by atoms with Crippen molar-refractivity contribution in [2.24, 2.45) is 0 Å². The van der Waals surface area contributed by atoms with E-state index in [0.717, 1.165) is 25.0 Å². The Balaban J connectivity index is 1.28. The van der Waals surface area contributed by atoms with Crippen LogP contribution in [-0.4, -0.2) is 30.3 Å². The highest BCUT2D eigenvalue weighted by Gasteiger charge is 2.16. The van der Waals surface area contributed by atoms with E-state index in [1.807, 2.05) is 30.3 Å². The Morgan fingerprint density at radius 1 is 1.11 bits per heavy atom. The summed E-state index contributed by atoms with van der Waals surface area (Å²) in [7, 11) is 0. The van der Waals surface area contributed by atoms with Crippen LogP contribution in [0.15, 0.2) is 65.2 Å². The first-order valence-electron chi connectivity index (χ1n) is 9.29. The number of rotatable bonds is 7. The number of oxazole rings is 1. The van der Waals surface area contributed by atoms with Crippen molar-refractivity contribution in [1.29, 1.82) is 0 Å². The molecule has 28 heavy (non-hydrogen) atoms. The monoisotopic (exact) mass is 379 g/mol. The quantitative estimate of drug-likeness (QED) is 0.572. The van der Waals surface area contributed by atoms with Crippen molar-refractivity contribution < 1.29 is 23.4 Å². The van der Waals surface area contributed by atoms with E-state index in [4.69, 9.17) is 18.6 Å². The Morgan fingerprint density at radius 2 is 1.93 bits per heavy atom. The third-order valence-electron chi connectivity index (χ3n) is 4.49. The van der Waals surface area contributed by atoms with Crippen LogP contribution in [0.25, 0.3) is 11.3 Å². The first kappa shape index (κ1) is 18.3. The predicted octanol–water partition coefficient (Wildman–Crippen LogP) is 4.26. The minimum Gasteiger partial charge on any atom is -0.491 e. The maximum atomic E-state index is 12.2. The number of carbonyl (C=O) groups is 1. The van der Waals surface area contributed by atoms with Gasteiger partial charge in [0.15, 0.2) is 12.4 Å². The molecule has 6 nitrogen and oxygen atoms in total. The van der Waals surface area contributed by atoms with Crippen molar-refractivity contribution in [1.82, 2.24) is 4.98 Å². The van der Waals surface area contributed by atoms with Gasteiger partial charge in [0.05, 0.1) is 17.9 Å². The summed E-state index contributed by atoms with van der Waals surface area (Å²) in [5.41, 5.74) is 1.37. The first-order chi connectivity index (χ1) is 13.8. The maximum Gasteiger partial charge on any atom is 0.338 e. The molecule has 1 aromatic heterocycles. The number of hydrogen-bond acceptors (Lipinski definition) is 6. The van der Waals surface area contributed by atoms with Crippen LogP contribution >= 0.6 is 0 Å². The van der Waals surface area contributed by atoms with Gasteiger partial charge in [-0.25, -0.2) is 9.78 Å². The van der Waals surface area contributed by atoms with Gasteiger partial charge in [-0.15, -0.1) is 0 Å². The second-order valence-corrected chi connectivity index (χ2v) is 6.53. The topological polar surface area (TPSA) is 70.8 Å². The van der Waals surface area contributed by atoms with Crippen molar-refractivity contribution >= 4 is 5.97 Å². The molecule has 6 heteroatoms. The van der Waals surface area contributed by atoms with Gasteiger partial charge in [-0.1, -0.05) is 30.3 Å². The second-order valence-electron chi connectivity index (χ2n) is 6.53. The van der Waals surface area contributed by atoms with Crippen LogP contribution in [0, 0.1) is 0 Å². The molecule has 0 bridgehead atoms. The largest absolute Gasteiger partial charge is 0.491 e. The average molecular weight is 379 g/mol. The van der Waals surface area contributed by atoms with Gasteiger partial charge < -0.3 is 18.6 Å². The normalized spacial score (nSPS) is 16.1. The van der Waals surface area contributed by atoms with Crippen molar-refractivity contribution in [2.45, 2.75) is 25.6 Å². The summed E-state index contributed by atoms with van der Waals surface area (Å²) in [5.74, 6) is 1.25. The number of aromatic nitrogens is 1. The fourth-order valence-corrected chi connectivity index (χ4v) is 2.98. The number of nitrogens with zero attached hydrogens (tertiary/aromatic N) is 1. The summed E-state index contributed by atoms with van der Waals surface area (Å²) in [6.45, 7) is 1.30. The summed E-state index contributed by atoms with van der Waals surface area (Å²) in [4.78, 5) is 16.4. The lowest BCUT2D eigenvalue weighted by Gasteiger charge is -2.11. The van der Waals surface area contributed by atoms with Crippen LogP contribution in [0.5, 0.6) is 5.75 Å². The van der Waals surface area contributed by atoms with Gasteiger partial charge in [-0.2, -0.15) is 0 Å². The molecule has 144 valence electrons. The minimum absolute atomic E-state index is 0.0249. The van der Waals surface area contributed by atoms with Crippen LogP contribution in [-0.2, 0) is 16.1 Å². The van der Waals surface area contributed by atoms with Crippen LogP contribution in [0.2, 0.25) is 0 Å². The number of esters is 1. The highest BCUT2D eigenvalue weighted by Crippen LogP contribution is 2.21. The van der Waals surface area contributed by atoms with E-state index in [9.17, 15) is 4.79 Å². The summed E-state index contributed by atoms with van der Waals surface area (Å²) in [6, 6.07) is 16.5. The molecule has 0 amide bonds. The fourth-order valence-electron chi connectivity index (χ4n) is 2.98. The lowest BCUT2D eigenvalue weighted by Crippen LogP contribution is -2.16. The zero-order valence-electron chi connectivity index (χ0n) is 15.4. The Hall–Kier alpha value is -3.12. The summed E-state index contributed by atoms with van der Waals surface area (Å²) in [6.07, 6.45) is 3.89. The lowest BCUT2D eigenvalue weighted by molar-refractivity contribution is 0.0438. The molecule has 3 aromatic rings. The molecule has 2 heterocycles. The third kappa shape index (κ3) is 4.58. The lowest BCUT2D eigenvalue weighted by atomic mass is 10.2. The summed E-state index contributed by atoms with van der Waals surface area (Å²) >= 11 is 0. The highest BCUT2D eigenvalue weighted by molar-refractivity contribution is 5.89. The number of hydrogen-bond donors (Lipinski definition) is 0. The molecule has 1 aliphatic rings. The number of ether oxygens (including phenoxy) is 3. The van der Waals surface area contributed by atoms with Gasteiger partial charge in [0.25, 0.3) is 0 Å². The van der Waals surface area contributed by atoms with Crippen molar-refractivity contribution in [2.75, 3.05) is 13.2 Å². The van der Waals surface area contributed by atoms with E-state index in [0.29, 0.717) is 29.6 Å². The van der Waals surface area contributed by atoms with E-state index in [1.54, 1.807) is 30.5 Å². The van der Waals surface area contributed by atoms with Crippen LogP contribution in [0.1, 0.15) is 29.1 Å². The number of carbonyl (C=O) groups excluding carboxylic acids is 1. The zero-order valence-corrected chi connectivity index (χ0v) is 15.4. The SMILES string of the molecule is O=C(OCc1ncc(-c2ccccc2)o1)c1ccc(OC[C@H]2CCCO2)cc1. The standard InChI is InChI=1S/C22H21NO5/c24-22(17-8-10-18(11-9-17)26-14-19-7-4-12-25-19)27-15-21-23-13-20(28-21)16-5-2-1-3-6-16/h1-3,5-6,8-11,13,19H,4,7,12,14-15H2/t19-/m1/s1. The smallest absolute Gasteiger partial charge is 0.338 e. The second kappa shape index (κ2) is 8.71. The van der Waals surface area contributed by atoms with Crippen molar-refractivity contribution in [3.63, 3.8) is 0 Å². The first-order valence-corrected chi connectivity index (χ1v) is 9.29. The van der Waals surface area contributed by atoms with Gasteiger partial charge in [-0.05, 0) is 37.1 Å². The number of benzene rings is 2. The molecule has 0 saturated carbocycles. The van der Waals surface area contributed by atoms with Gasteiger partial charge in [-0.3, -0.25) is 0 Å². The molecule has 0 spiro atoms. The molecule has 0 N–H and O–H groups in total. The van der Waals surface area contributed by atoms with Gasteiger partial charge >= 0.3 is 5.97 Å². The van der Waals surface area contributed by atoms with Gasteiger partial charge in [0.1, 0.15) is 12.4 Å². The van der Waals surface area contributed by atoms with E-state index in [1.165, 1.54) is 0 Å². The predicted molar refractivity (Wildman–Crippen MR) is 102 cm³/mol. The molecule has 0 unspecified atom stereocenters.